The molecule has 0 spiro atoms. The lowest BCUT2D eigenvalue weighted by molar-refractivity contribution is -0.129. The van der Waals surface area contributed by atoms with Crippen molar-refractivity contribution in [2.45, 2.75) is 25.8 Å². The summed E-state index contributed by atoms with van der Waals surface area (Å²) in [6.45, 7) is 6.38. The zero-order valence-corrected chi connectivity index (χ0v) is 10.9. The topological polar surface area (TPSA) is 64.7 Å². The molecule has 18 heavy (non-hydrogen) atoms. The number of hydrogen-bond acceptors (Lipinski definition) is 4. The van der Waals surface area contributed by atoms with E-state index in [1.54, 1.807) is 0 Å². The van der Waals surface area contributed by atoms with E-state index >= 15 is 0 Å². The van der Waals surface area contributed by atoms with Gasteiger partial charge in [0.2, 0.25) is 5.91 Å². The lowest BCUT2D eigenvalue weighted by Crippen LogP contribution is -2.48. The van der Waals surface area contributed by atoms with E-state index in [2.05, 4.69) is 22.5 Å². The van der Waals surface area contributed by atoms with Crippen LogP contribution in [0.4, 0.5) is 4.79 Å². The van der Waals surface area contributed by atoms with Crippen molar-refractivity contribution in [2.24, 2.45) is 0 Å². The molecular weight excluding hydrogens is 232 g/mol. The molecule has 0 saturated carbocycles. The van der Waals surface area contributed by atoms with Crippen LogP contribution in [0.3, 0.4) is 0 Å². The molecule has 0 aromatic rings. The van der Waals surface area contributed by atoms with Crippen LogP contribution in [0, 0.1) is 0 Å². The van der Waals surface area contributed by atoms with Gasteiger partial charge in [-0.05, 0) is 32.5 Å². The third-order valence-corrected chi connectivity index (χ3v) is 3.73. The summed E-state index contributed by atoms with van der Waals surface area (Å²) >= 11 is 0. The molecule has 102 valence electrons. The molecule has 2 aliphatic rings. The van der Waals surface area contributed by atoms with Crippen LogP contribution in [-0.2, 0) is 4.79 Å². The van der Waals surface area contributed by atoms with Crippen molar-refractivity contribution in [3.05, 3.63) is 0 Å². The van der Waals surface area contributed by atoms with E-state index in [4.69, 9.17) is 0 Å². The molecule has 0 radical (unpaired) electrons. The molecule has 0 atom stereocenters. The molecule has 2 N–H and O–H groups in total. The first-order valence-corrected chi connectivity index (χ1v) is 6.75. The summed E-state index contributed by atoms with van der Waals surface area (Å²) in [7, 11) is 0. The van der Waals surface area contributed by atoms with Crippen LogP contribution in [0.25, 0.3) is 0 Å². The minimum absolute atomic E-state index is 0.0783. The first-order valence-electron chi connectivity index (χ1n) is 6.75. The van der Waals surface area contributed by atoms with Crippen molar-refractivity contribution in [2.75, 3.05) is 39.3 Å². The first kappa shape index (κ1) is 13.3. The lowest BCUT2D eigenvalue weighted by atomic mass is 10.0. The van der Waals surface area contributed by atoms with Gasteiger partial charge in [-0.1, -0.05) is 6.92 Å². The molecule has 2 heterocycles. The average molecular weight is 254 g/mol. The van der Waals surface area contributed by atoms with Gasteiger partial charge >= 0.3 is 6.03 Å². The monoisotopic (exact) mass is 254 g/mol. The second-order valence-electron chi connectivity index (χ2n) is 4.82. The Hall–Kier alpha value is -1.14. The largest absolute Gasteiger partial charge is 0.336 e. The Kier molecular flexibility index (Phi) is 4.54. The highest BCUT2D eigenvalue weighted by Crippen LogP contribution is 2.12. The van der Waals surface area contributed by atoms with Crippen LogP contribution in [0.15, 0.2) is 0 Å². The molecule has 2 aliphatic heterocycles. The van der Waals surface area contributed by atoms with Gasteiger partial charge < -0.3 is 10.6 Å². The number of carbonyl (C=O) groups is 2. The molecule has 0 aromatic heterocycles. The van der Waals surface area contributed by atoms with Crippen molar-refractivity contribution < 1.29 is 9.59 Å². The Labute approximate surface area is 108 Å². The maximum atomic E-state index is 12.1. The number of carbonyl (C=O) groups excluding carboxylic acids is 2. The van der Waals surface area contributed by atoms with Crippen LogP contribution >= 0.6 is 0 Å². The molecule has 0 aliphatic carbocycles. The second-order valence-corrected chi connectivity index (χ2v) is 4.82. The number of rotatable bonds is 4. The minimum Gasteiger partial charge on any atom is -0.336 e. The number of hydrogen-bond donors (Lipinski definition) is 2. The van der Waals surface area contributed by atoms with Gasteiger partial charge in [0.1, 0.15) is 0 Å². The summed E-state index contributed by atoms with van der Waals surface area (Å²) in [4.78, 5) is 27.0. The highest BCUT2D eigenvalue weighted by molar-refractivity contribution is 5.96. The second kappa shape index (κ2) is 6.15. The summed E-state index contributed by atoms with van der Waals surface area (Å²) in [5, 5.41) is 5.98. The number of nitrogens with zero attached hydrogens (tertiary/aromatic N) is 2. The Morgan fingerprint density at radius 3 is 2.67 bits per heavy atom. The predicted octanol–water partition coefficient (Wildman–Crippen LogP) is -0.388. The molecule has 2 saturated heterocycles. The highest BCUT2D eigenvalue weighted by Gasteiger charge is 2.29. The Morgan fingerprint density at radius 2 is 2.11 bits per heavy atom. The fraction of sp³-hybridized carbons (Fsp3) is 0.833. The smallest absolute Gasteiger partial charge is 0.324 e. The number of piperidine rings is 1. The molecule has 0 bridgehead atoms. The zero-order chi connectivity index (χ0) is 13.0. The molecular formula is C12H22N4O2. The van der Waals surface area contributed by atoms with Crippen molar-refractivity contribution in [1.29, 1.82) is 0 Å². The number of likely N-dealkylation sites (N-methyl/N-ethyl adjacent to an activating group) is 1. The maximum absolute atomic E-state index is 12.1. The zero-order valence-electron chi connectivity index (χ0n) is 10.9. The molecule has 0 aromatic carbocycles. The SMILES string of the molecule is CCN(CC(=O)N1CCNC1=O)C1CCNCC1. The van der Waals surface area contributed by atoms with Crippen LogP contribution in [0.2, 0.25) is 0 Å². The van der Waals surface area contributed by atoms with E-state index in [1.165, 1.54) is 4.90 Å². The Balaban J connectivity index is 1.88. The van der Waals surface area contributed by atoms with Gasteiger partial charge in [-0.25, -0.2) is 4.79 Å². The summed E-state index contributed by atoms with van der Waals surface area (Å²) < 4.78 is 0. The van der Waals surface area contributed by atoms with Gasteiger partial charge in [0.25, 0.3) is 0 Å². The van der Waals surface area contributed by atoms with Gasteiger partial charge in [0.05, 0.1) is 6.54 Å². The third kappa shape index (κ3) is 3.00. The molecule has 6 heteroatoms. The number of imide groups is 1. The molecule has 0 unspecified atom stereocenters. The van der Waals surface area contributed by atoms with Gasteiger partial charge in [0.15, 0.2) is 0 Å². The van der Waals surface area contributed by atoms with Crippen molar-refractivity contribution in [1.82, 2.24) is 20.4 Å². The Bertz CT molecular complexity index is 315. The van der Waals surface area contributed by atoms with Crippen LogP contribution in [0.5, 0.6) is 0 Å². The predicted molar refractivity (Wildman–Crippen MR) is 68.3 cm³/mol. The number of amides is 3. The van der Waals surface area contributed by atoms with Gasteiger partial charge in [-0.15, -0.1) is 0 Å². The van der Waals surface area contributed by atoms with E-state index in [0.29, 0.717) is 25.7 Å². The minimum atomic E-state index is -0.249. The van der Waals surface area contributed by atoms with Gasteiger partial charge in [0, 0.05) is 19.1 Å². The van der Waals surface area contributed by atoms with E-state index < -0.39 is 0 Å². The third-order valence-electron chi connectivity index (χ3n) is 3.73. The van der Waals surface area contributed by atoms with Crippen molar-refractivity contribution >= 4 is 11.9 Å². The molecule has 2 rings (SSSR count). The maximum Gasteiger partial charge on any atom is 0.324 e. The van der Waals surface area contributed by atoms with Gasteiger partial charge in [-0.3, -0.25) is 14.6 Å². The van der Waals surface area contributed by atoms with Crippen LogP contribution in [0.1, 0.15) is 19.8 Å². The van der Waals surface area contributed by atoms with E-state index in [0.717, 1.165) is 32.5 Å². The highest BCUT2D eigenvalue weighted by atomic mass is 16.2. The quantitative estimate of drug-likeness (QED) is 0.717. The first-order chi connectivity index (χ1) is 8.72. The van der Waals surface area contributed by atoms with E-state index in [1.807, 2.05) is 0 Å². The summed E-state index contributed by atoms with van der Waals surface area (Å²) in [5.74, 6) is -0.0783. The normalized spacial score (nSPS) is 21.4. The van der Waals surface area contributed by atoms with Crippen LogP contribution in [-0.4, -0.2) is 67.0 Å². The molecule has 2 fully saturated rings. The number of nitrogens with one attached hydrogen (secondary N) is 2. The van der Waals surface area contributed by atoms with Crippen molar-refractivity contribution in [3.63, 3.8) is 0 Å². The standard InChI is InChI=1S/C12H22N4O2/c1-2-15(10-3-5-13-6-4-10)9-11(17)16-8-7-14-12(16)18/h10,13H,2-9H2,1H3,(H,14,18). The number of urea groups is 1. The van der Waals surface area contributed by atoms with Crippen molar-refractivity contribution in [3.8, 4) is 0 Å². The molecule has 3 amide bonds. The summed E-state index contributed by atoms with van der Waals surface area (Å²) in [6.07, 6.45) is 2.15. The van der Waals surface area contributed by atoms with E-state index in [-0.39, 0.29) is 11.9 Å². The fourth-order valence-electron chi connectivity index (χ4n) is 2.64. The van der Waals surface area contributed by atoms with E-state index in [9.17, 15) is 9.59 Å². The summed E-state index contributed by atoms with van der Waals surface area (Å²) in [5.41, 5.74) is 0. The molecule has 6 nitrogen and oxygen atoms in total. The fourth-order valence-corrected chi connectivity index (χ4v) is 2.64. The lowest BCUT2D eigenvalue weighted by Gasteiger charge is -2.33. The average Bonchev–Trinajstić information content (AvgIpc) is 2.83. The Morgan fingerprint density at radius 1 is 1.39 bits per heavy atom. The van der Waals surface area contributed by atoms with Crippen LogP contribution < -0.4 is 10.6 Å². The summed E-state index contributed by atoms with van der Waals surface area (Å²) in [6, 6.07) is 0.215. The van der Waals surface area contributed by atoms with Gasteiger partial charge in [-0.2, -0.15) is 0 Å².